The minimum Gasteiger partial charge on any atom is -0.319 e. The van der Waals surface area contributed by atoms with Crippen molar-refractivity contribution in [2.45, 2.75) is 33.2 Å². The first kappa shape index (κ1) is 13.6. The lowest BCUT2D eigenvalue weighted by Crippen LogP contribution is -2.36. The van der Waals surface area contributed by atoms with Gasteiger partial charge in [-0.05, 0) is 70.4 Å². The molecule has 2 nitrogen and oxygen atoms in total. The molecule has 1 aliphatic rings. The summed E-state index contributed by atoms with van der Waals surface area (Å²) in [4.78, 5) is 2.61. The fourth-order valence-electron chi connectivity index (χ4n) is 2.85. The maximum atomic E-state index is 3.30. The quantitative estimate of drug-likeness (QED) is 0.879. The zero-order valence-electron chi connectivity index (χ0n) is 12.0. The van der Waals surface area contributed by atoms with E-state index in [1.165, 1.54) is 49.2 Å². The van der Waals surface area contributed by atoms with Crippen molar-refractivity contribution in [3.63, 3.8) is 0 Å². The summed E-state index contributed by atoms with van der Waals surface area (Å²) in [5.74, 6) is 0.879. The van der Waals surface area contributed by atoms with E-state index in [0.29, 0.717) is 0 Å². The van der Waals surface area contributed by atoms with E-state index in [2.05, 4.69) is 49.3 Å². The van der Waals surface area contributed by atoms with Gasteiger partial charge in [-0.3, -0.25) is 4.90 Å². The molecular formula is C16H26N2. The molecule has 0 saturated carbocycles. The smallest absolute Gasteiger partial charge is 0.0236 e. The van der Waals surface area contributed by atoms with Crippen molar-refractivity contribution in [1.29, 1.82) is 0 Å². The minimum absolute atomic E-state index is 0.879. The summed E-state index contributed by atoms with van der Waals surface area (Å²) in [6.07, 6.45) is 2.68. The van der Waals surface area contributed by atoms with Crippen molar-refractivity contribution >= 4 is 0 Å². The maximum absolute atomic E-state index is 3.30. The summed E-state index contributed by atoms with van der Waals surface area (Å²) >= 11 is 0. The van der Waals surface area contributed by atoms with E-state index in [4.69, 9.17) is 0 Å². The van der Waals surface area contributed by atoms with Crippen LogP contribution in [0.5, 0.6) is 0 Å². The van der Waals surface area contributed by atoms with Crippen molar-refractivity contribution in [2.24, 2.45) is 5.92 Å². The molecule has 0 aliphatic carbocycles. The van der Waals surface area contributed by atoms with E-state index in [-0.39, 0.29) is 0 Å². The van der Waals surface area contributed by atoms with Crippen LogP contribution in [0.1, 0.15) is 29.5 Å². The van der Waals surface area contributed by atoms with Gasteiger partial charge in [0.25, 0.3) is 0 Å². The third-order valence-electron chi connectivity index (χ3n) is 4.10. The molecule has 18 heavy (non-hydrogen) atoms. The molecule has 1 aromatic carbocycles. The third-order valence-corrected chi connectivity index (χ3v) is 4.10. The number of piperidine rings is 1. The van der Waals surface area contributed by atoms with Crippen molar-refractivity contribution in [3.8, 4) is 0 Å². The Kier molecular flexibility index (Phi) is 4.79. The van der Waals surface area contributed by atoms with Crippen LogP contribution in [-0.2, 0) is 6.54 Å². The molecular weight excluding hydrogens is 220 g/mol. The third kappa shape index (κ3) is 3.56. The van der Waals surface area contributed by atoms with E-state index in [1.807, 2.05) is 0 Å². The fraction of sp³-hybridized carbons (Fsp3) is 0.625. The van der Waals surface area contributed by atoms with Crippen molar-refractivity contribution in [2.75, 3.05) is 26.7 Å². The molecule has 1 fully saturated rings. The first-order valence-corrected chi connectivity index (χ1v) is 7.12. The number of aryl methyl sites for hydroxylation is 2. The predicted molar refractivity (Wildman–Crippen MR) is 77.8 cm³/mol. The van der Waals surface area contributed by atoms with Gasteiger partial charge in [0.2, 0.25) is 0 Å². The fourth-order valence-corrected chi connectivity index (χ4v) is 2.85. The van der Waals surface area contributed by atoms with Crippen LogP contribution >= 0.6 is 0 Å². The highest BCUT2D eigenvalue weighted by molar-refractivity contribution is 5.30. The van der Waals surface area contributed by atoms with Gasteiger partial charge in [0, 0.05) is 6.54 Å². The number of hydrogen-bond donors (Lipinski definition) is 1. The average molecular weight is 246 g/mol. The first-order valence-electron chi connectivity index (χ1n) is 7.12. The van der Waals surface area contributed by atoms with E-state index < -0.39 is 0 Å². The Labute approximate surface area is 111 Å². The van der Waals surface area contributed by atoms with Gasteiger partial charge in [-0.1, -0.05) is 23.8 Å². The summed E-state index contributed by atoms with van der Waals surface area (Å²) in [5, 5.41) is 3.30. The average Bonchev–Trinajstić information content (AvgIpc) is 2.37. The number of nitrogens with one attached hydrogen (secondary N) is 1. The molecule has 1 N–H and O–H groups in total. The highest BCUT2D eigenvalue weighted by Gasteiger charge is 2.18. The predicted octanol–water partition coefficient (Wildman–Crippen LogP) is 2.73. The van der Waals surface area contributed by atoms with E-state index in [9.17, 15) is 0 Å². The molecule has 0 radical (unpaired) electrons. The van der Waals surface area contributed by atoms with Gasteiger partial charge < -0.3 is 5.32 Å². The number of benzene rings is 1. The Bertz CT molecular complexity index is 379. The lowest BCUT2D eigenvalue weighted by molar-refractivity contribution is 0.176. The highest BCUT2D eigenvalue weighted by atomic mass is 15.1. The van der Waals surface area contributed by atoms with Gasteiger partial charge in [0.15, 0.2) is 0 Å². The van der Waals surface area contributed by atoms with Gasteiger partial charge in [0.05, 0.1) is 0 Å². The number of hydrogen-bond acceptors (Lipinski definition) is 2. The van der Waals surface area contributed by atoms with Crippen molar-refractivity contribution < 1.29 is 0 Å². The minimum atomic E-state index is 0.879. The molecule has 0 spiro atoms. The normalized spacial score (nSPS) is 18.2. The second kappa shape index (κ2) is 6.35. The van der Waals surface area contributed by atoms with E-state index in [0.717, 1.165) is 12.5 Å². The first-order chi connectivity index (χ1) is 8.69. The second-order valence-electron chi connectivity index (χ2n) is 5.71. The van der Waals surface area contributed by atoms with Gasteiger partial charge >= 0.3 is 0 Å². The topological polar surface area (TPSA) is 15.3 Å². The molecule has 1 aliphatic heterocycles. The van der Waals surface area contributed by atoms with Crippen LogP contribution in [0.4, 0.5) is 0 Å². The molecule has 0 unspecified atom stereocenters. The SMILES string of the molecule is CNCC1CCN(Cc2cc(C)ccc2C)CC1. The molecule has 2 rings (SSSR count). The Morgan fingerprint density at radius 1 is 1.22 bits per heavy atom. The van der Waals surface area contributed by atoms with Gasteiger partial charge in [-0.25, -0.2) is 0 Å². The monoisotopic (exact) mass is 246 g/mol. The number of nitrogens with zero attached hydrogens (tertiary/aromatic N) is 1. The molecule has 1 saturated heterocycles. The van der Waals surface area contributed by atoms with Crippen molar-refractivity contribution in [1.82, 2.24) is 10.2 Å². The largest absolute Gasteiger partial charge is 0.319 e. The lowest BCUT2D eigenvalue weighted by atomic mass is 9.96. The molecule has 0 bridgehead atoms. The molecule has 0 atom stereocenters. The second-order valence-corrected chi connectivity index (χ2v) is 5.71. The van der Waals surface area contributed by atoms with Crippen LogP contribution in [-0.4, -0.2) is 31.6 Å². The Balaban J connectivity index is 1.89. The summed E-state index contributed by atoms with van der Waals surface area (Å²) in [7, 11) is 2.06. The van der Waals surface area contributed by atoms with E-state index in [1.54, 1.807) is 0 Å². The number of likely N-dealkylation sites (tertiary alicyclic amines) is 1. The molecule has 0 amide bonds. The maximum Gasteiger partial charge on any atom is 0.0236 e. The molecule has 2 heteroatoms. The van der Waals surface area contributed by atoms with Crippen LogP contribution in [0.2, 0.25) is 0 Å². The molecule has 100 valence electrons. The summed E-state index contributed by atoms with van der Waals surface area (Å²) in [5.41, 5.74) is 4.31. The van der Waals surface area contributed by atoms with Gasteiger partial charge in [-0.2, -0.15) is 0 Å². The van der Waals surface area contributed by atoms with E-state index >= 15 is 0 Å². The molecule has 1 aromatic rings. The Hall–Kier alpha value is -0.860. The highest BCUT2D eigenvalue weighted by Crippen LogP contribution is 2.20. The Morgan fingerprint density at radius 3 is 2.61 bits per heavy atom. The van der Waals surface area contributed by atoms with Gasteiger partial charge in [0.1, 0.15) is 0 Å². The summed E-state index contributed by atoms with van der Waals surface area (Å²) in [6.45, 7) is 9.21. The molecule has 0 aromatic heterocycles. The summed E-state index contributed by atoms with van der Waals surface area (Å²) in [6, 6.07) is 6.80. The lowest BCUT2D eigenvalue weighted by Gasteiger charge is -2.32. The van der Waals surface area contributed by atoms with Crippen molar-refractivity contribution in [3.05, 3.63) is 34.9 Å². The summed E-state index contributed by atoms with van der Waals surface area (Å²) < 4.78 is 0. The van der Waals surface area contributed by atoms with Gasteiger partial charge in [-0.15, -0.1) is 0 Å². The molecule has 1 heterocycles. The van der Waals surface area contributed by atoms with Crippen LogP contribution < -0.4 is 5.32 Å². The zero-order valence-corrected chi connectivity index (χ0v) is 12.0. The van der Waals surface area contributed by atoms with Crippen LogP contribution in [0, 0.1) is 19.8 Å². The van der Waals surface area contributed by atoms with Crippen LogP contribution in [0.25, 0.3) is 0 Å². The van der Waals surface area contributed by atoms with Crippen LogP contribution in [0.15, 0.2) is 18.2 Å². The van der Waals surface area contributed by atoms with Crippen LogP contribution in [0.3, 0.4) is 0 Å². The Morgan fingerprint density at radius 2 is 1.94 bits per heavy atom. The zero-order chi connectivity index (χ0) is 13.0. The number of rotatable bonds is 4. The standard InChI is InChI=1S/C16H26N2/c1-13-4-5-14(2)16(10-13)12-18-8-6-15(7-9-18)11-17-3/h4-5,10,15,17H,6-9,11-12H2,1-3H3.